The molecular formula is C14H11N3O3S2. The van der Waals surface area contributed by atoms with Crippen LogP contribution in [-0.2, 0) is 10.0 Å². The van der Waals surface area contributed by atoms with E-state index in [0.717, 1.165) is 11.3 Å². The van der Waals surface area contributed by atoms with Gasteiger partial charge in [0.25, 0.3) is 15.9 Å². The zero-order valence-corrected chi connectivity index (χ0v) is 13.1. The molecule has 2 heterocycles. The van der Waals surface area contributed by atoms with Gasteiger partial charge in [-0.2, -0.15) is 0 Å². The molecule has 0 aliphatic rings. The van der Waals surface area contributed by atoms with Crippen molar-refractivity contribution in [2.24, 2.45) is 0 Å². The molecule has 8 heteroatoms. The number of nitrogens with zero attached hydrogens (tertiary/aromatic N) is 2. The van der Waals surface area contributed by atoms with Crippen molar-refractivity contribution in [2.75, 3.05) is 0 Å². The average molecular weight is 333 g/mol. The van der Waals surface area contributed by atoms with Gasteiger partial charge in [0.15, 0.2) is 0 Å². The maximum Gasteiger partial charge on any atom is 0.276 e. The number of amides is 1. The number of nitrogens with one attached hydrogen (secondary N) is 1. The van der Waals surface area contributed by atoms with E-state index in [1.807, 2.05) is 0 Å². The van der Waals surface area contributed by atoms with Gasteiger partial charge in [0.2, 0.25) is 0 Å². The van der Waals surface area contributed by atoms with Gasteiger partial charge in [0.05, 0.1) is 16.1 Å². The van der Waals surface area contributed by atoms with Crippen LogP contribution in [0, 0.1) is 6.92 Å². The number of hydrogen-bond donors (Lipinski definition) is 1. The summed E-state index contributed by atoms with van der Waals surface area (Å²) >= 11 is 1.10. The summed E-state index contributed by atoms with van der Waals surface area (Å²) in [5.74, 6) is -0.675. The third kappa shape index (κ3) is 2.58. The van der Waals surface area contributed by atoms with Gasteiger partial charge in [-0.15, -0.1) is 11.3 Å². The van der Waals surface area contributed by atoms with Crippen molar-refractivity contribution < 1.29 is 13.2 Å². The lowest BCUT2D eigenvalue weighted by molar-refractivity contribution is 0.0984. The lowest BCUT2D eigenvalue weighted by atomic mass is 10.2. The fourth-order valence-corrected chi connectivity index (χ4v) is 4.02. The van der Waals surface area contributed by atoms with Crippen molar-refractivity contribution in [3.05, 3.63) is 52.7 Å². The molecule has 0 fully saturated rings. The molecule has 0 unspecified atom stereocenters. The number of thiazole rings is 1. The number of pyridine rings is 1. The Labute approximate surface area is 130 Å². The number of fused-ring (bicyclic) bond motifs is 1. The van der Waals surface area contributed by atoms with Crippen molar-refractivity contribution in [2.45, 2.75) is 11.8 Å². The Morgan fingerprint density at radius 2 is 2.09 bits per heavy atom. The van der Waals surface area contributed by atoms with E-state index in [1.54, 1.807) is 31.3 Å². The third-order valence-electron chi connectivity index (χ3n) is 3.11. The zero-order chi connectivity index (χ0) is 15.7. The number of hydrogen-bond acceptors (Lipinski definition) is 6. The molecule has 1 aromatic carbocycles. The maximum absolute atomic E-state index is 12.5. The molecule has 0 saturated carbocycles. The highest BCUT2D eigenvalue weighted by Crippen LogP contribution is 2.22. The maximum atomic E-state index is 12.5. The Kier molecular flexibility index (Phi) is 3.63. The number of sulfonamides is 1. The molecule has 0 aliphatic carbocycles. The van der Waals surface area contributed by atoms with E-state index < -0.39 is 15.9 Å². The summed E-state index contributed by atoms with van der Waals surface area (Å²) in [5, 5.41) is 1.20. The lowest BCUT2D eigenvalue weighted by Crippen LogP contribution is -2.30. The molecule has 0 bridgehead atoms. The second-order valence-electron chi connectivity index (χ2n) is 4.55. The standard InChI is InChI=1S/C14H11N3O3S2/c1-9-13(21-8-16-9)14(18)17-22(19,20)12-4-2-3-10-7-15-6-5-11(10)12/h2-8H,1H3,(H,17,18). The van der Waals surface area contributed by atoms with Crippen molar-refractivity contribution in [3.63, 3.8) is 0 Å². The second-order valence-corrected chi connectivity index (χ2v) is 7.06. The fourth-order valence-electron chi connectivity index (χ4n) is 2.07. The normalized spacial score (nSPS) is 11.5. The predicted molar refractivity (Wildman–Crippen MR) is 83.2 cm³/mol. The molecule has 3 rings (SSSR count). The first kappa shape index (κ1) is 14.6. The van der Waals surface area contributed by atoms with E-state index in [4.69, 9.17) is 0 Å². The number of carbonyl (C=O) groups excluding carboxylic acids is 1. The van der Waals surface area contributed by atoms with Crippen LogP contribution in [0.4, 0.5) is 0 Å². The molecule has 0 saturated heterocycles. The van der Waals surface area contributed by atoms with Gasteiger partial charge in [0.1, 0.15) is 4.88 Å². The number of aromatic nitrogens is 2. The van der Waals surface area contributed by atoms with Crippen LogP contribution in [0.2, 0.25) is 0 Å². The Bertz CT molecular complexity index is 959. The largest absolute Gasteiger partial charge is 0.276 e. The predicted octanol–water partition coefficient (Wildman–Crippen LogP) is 2.12. The van der Waals surface area contributed by atoms with Gasteiger partial charge >= 0.3 is 0 Å². The SMILES string of the molecule is Cc1ncsc1C(=O)NS(=O)(=O)c1cccc2cnccc12. The average Bonchev–Trinajstić information content (AvgIpc) is 2.92. The van der Waals surface area contributed by atoms with Crippen LogP contribution in [-0.4, -0.2) is 24.3 Å². The highest BCUT2D eigenvalue weighted by Gasteiger charge is 2.22. The number of carbonyl (C=O) groups is 1. The Hall–Kier alpha value is -2.32. The topological polar surface area (TPSA) is 89.0 Å². The summed E-state index contributed by atoms with van der Waals surface area (Å²) in [7, 11) is -3.98. The summed E-state index contributed by atoms with van der Waals surface area (Å²) in [6.45, 7) is 1.65. The first-order valence-electron chi connectivity index (χ1n) is 6.29. The smallest absolute Gasteiger partial charge is 0.267 e. The van der Waals surface area contributed by atoms with Crippen LogP contribution in [0.1, 0.15) is 15.4 Å². The van der Waals surface area contributed by atoms with Crippen molar-refractivity contribution >= 4 is 38.0 Å². The molecule has 112 valence electrons. The molecule has 6 nitrogen and oxygen atoms in total. The van der Waals surface area contributed by atoms with E-state index in [9.17, 15) is 13.2 Å². The minimum atomic E-state index is -3.98. The molecule has 0 atom stereocenters. The monoisotopic (exact) mass is 333 g/mol. The summed E-state index contributed by atoms with van der Waals surface area (Å²) in [4.78, 5) is 20.4. The second kappa shape index (κ2) is 5.47. The van der Waals surface area contributed by atoms with Crippen LogP contribution >= 0.6 is 11.3 Å². The quantitative estimate of drug-likeness (QED) is 0.793. The number of rotatable bonds is 3. The van der Waals surface area contributed by atoms with Crippen molar-refractivity contribution in [1.29, 1.82) is 0 Å². The van der Waals surface area contributed by atoms with Gasteiger partial charge in [-0.1, -0.05) is 12.1 Å². The fraction of sp³-hybridized carbons (Fsp3) is 0.0714. The summed E-state index contributed by atoms with van der Waals surface area (Å²) < 4.78 is 27.1. The molecule has 0 aliphatic heterocycles. The zero-order valence-electron chi connectivity index (χ0n) is 11.5. The molecule has 22 heavy (non-hydrogen) atoms. The van der Waals surface area contributed by atoms with Crippen LogP contribution in [0.5, 0.6) is 0 Å². The van der Waals surface area contributed by atoms with E-state index in [1.165, 1.54) is 17.8 Å². The van der Waals surface area contributed by atoms with Crippen LogP contribution in [0.3, 0.4) is 0 Å². The number of benzene rings is 1. The van der Waals surface area contributed by atoms with Gasteiger partial charge in [-0.3, -0.25) is 9.78 Å². The van der Waals surface area contributed by atoms with E-state index >= 15 is 0 Å². The highest BCUT2D eigenvalue weighted by molar-refractivity contribution is 7.90. The van der Waals surface area contributed by atoms with E-state index in [2.05, 4.69) is 14.7 Å². The molecule has 3 aromatic rings. The third-order valence-corrected chi connectivity index (χ3v) is 5.43. The molecule has 1 N–H and O–H groups in total. The van der Waals surface area contributed by atoms with Crippen molar-refractivity contribution in [1.82, 2.24) is 14.7 Å². The van der Waals surface area contributed by atoms with E-state index in [-0.39, 0.29) is 9.77 Å². The molecule has 2 aromatic heterocycles. The summed E-state index contributed by atoms with van der Waals surface area (Å²) in [5.41, 5.74) is 2.00. The highest BCUT2D eigenvalue weighted by atomic mass is 32.2. The lowest BCUT2D eigenvalue weighted by Gasteiger charge is -2.09. The molecule has 0 spiro atoms. The minimum absolute atomic E-state index is 0.0444. The molecular weight excluding hydrogens is 322 g/mol. The Morgan fingerprint density at radius 3 is 2.82 bits per heavy atom. The van der Waals surface area contributed by atoms with Gasteiger partial charge in [0, 0.05) is 23.2 Å². The van der Waals surface area contributed by atoms with Gasteiger partial charge < -0.3 is 0 Å². The van der Waals surface area contributed by atoms with Crippen LogP contribution in [0.15, 0.2) is 47.1 Å². The summed E-state index contributed by atoms with van der Waals surface area (Å²) in [6, 6.07) is 6.43. The van der Waals surface area contributed by atoms with E-state index in [0.29, 0.717) is 16.5 Å². The summed E-state index contributed by atoms with van der Waals surface area (Å²) in [6.07, 6.45) is 3.08. The van der Waals surface area contributed by atoms with Crippen LogP contribution in [0.25, 0.3) is 10.8 Å². The molecule has 0 radical (unpaired) electrons. The number of aryl methyl sites for hydroxylation is 1. The Balaban J connectivity index is 2.02. The van der Waals surface area contributed by atoms with Gasteiger partial charge in [-0.25, -0.2) is 18.1 Å². The van der Waals surface area contributed by atoms with Crippen LogP contribution < -0.4 is 4.72 Å². The molecule has 1 amide bonds. The Morgan fingerprint density at radius 1 is 1.27 bits per heavy atom. The minimum Gasteiger partial charge on any atom is -0.267 e. The van der Waals surface area contributed by atoms with Gasteiger partial charge in [-0.05, 0) is 19.1 Å². The first-order valence-corrected chi connectivity index (χ1v) is 8.65. The first-order chi connectivity index (χ1) is 10.5. The van der Waals surface area contributed by atoms with Crippen molar-refractivity contribution in [3.8, 4) is 0 Å².